The largest absolute Gasteiger partial charge is 0.480 e. The predicted octanol–water partition coefficient (Wildman–Crippen LogP) is 3.00. The molecule has 1 unspecified atom stereocenters. The highest BCUT2D eigenvalue weighted by molar-refractivity contribution is 6.30. The van der Waals surface area contributed by atoms with Crippen LogP contribution in [0.25, 0.3) is 22.4 Å². The van der Waals surface area contributed by atoms with Crippen molar-refractivity contribution in [1.29, 1.82) is 0 Å². The zero-order valence-electron chi connectivity index (χ0n) is 15.3. The molecule has 1 atom stereocenters. The van der Waals surface area contributed by atoms with E-state index in [0.717, 1.165) is 28.2 Å². The standard InChI is InChI=1S/C20H20ClN5O2/c1-25-10-11-26(12-16(25)20(27)28)19-17(13-6-8-22-9-7-13)18(23-24-19)14-2-4-15(21)5-3-14/h2-9,16H,10-12H2,1H3,(H,23,24)(H,27,28). The molecule has 7 nitrogen and oxygen atoms in total. The normalized spacial score (nSPS) is 17.6. The molecule has 0 spiro atoms. The molecule has 3 aromatic rings. The number of pyridine rings is 1. The number of carboxylic acids is 1. The Morgan fingerprint density at radius 2 is 1.86 bits per heavy atom. The van der Waals surface area contributed by atoms with Gasteiger partial charge in [-0.1, -0.05) is 23.7 Å². The van der Waals surface area contributed by atoms with Gasteiger partial charge in [-0.25, -0.2) is 0 Å². The molecule has 1 aromatic carbocycles. The first kappa shape index (κ1) is 18.5. The molecule has 1 aliphatic rings. The van der Waals surface area contributed by atoms with Crippen LogP contribution >= 0.6 is 11.6 Å². The summed E-state index contributed by atoms with van der Waals surface area (Å²) in [7, 11) is 1.84. The summed E-state index contributed by atoms with van der Waals surface area (Å²) in [5.74, 6) is -0.0818. The topological polar surface area (TPSA) is 85.4 Å². The Balaban J connectivity index is 1.80. The third-order valence-electron chi connectivity index (χ3n) is 5.08. The molecular formula is C20H20ClN5O2. The highest BCUT2D eigenvalue weighted by Gasteiger charge is 2.32. The lowest BCUT2D eigenvalue weighted by molar-refractivity contribution is -0.142. The Kier molecular flexibility index (Phi) is 5.02. The maximum Gasteiger partial charge on any atom is 0.322 e. The number of benzene rings is 1. The summed E-state index contributed by atoms with van der Waals surface area (Å²) in [5, 5.41) is 17.9. The van der Waals surface area contributed by atoms with Crippen molar-refractivity contribution in [3.63, 3.8) is 0 Å². The monoisotopic (exact) mass is 397 g/mol. The number of likely N-dealkylation sites (N-methyl/N-ethyl adjacent to an activating group) is 1. The highest BCUT2D eigenvalue weighted by Crippen LogP contribution is 2.38. The van der Waals surface area contributed by atoms with E-state index >= 15 is 0 Å². The molecule has 0 radical (unpaired) electrons. The molecule has 0 amide bonds. The van der Waals surface area contributed by atoms with Gasteiger partial charge in [0.25, 0.3) is 0 Å². The van der Waals surface area contributed by atoms with E-state index in [2.05, 4.69) is 15.2 Å². The molecule has 0 aliphatic carbocycles. The van der Waals surface area contributed by atoms with Crippen LogP contribution in [-0.4, -0.2) is 63.9 Å². The minimum atomic E-state index is -0.828. The number of hydrogen-bond acceptors (Lipinski definition) is 5. The fourth-order valence-electron chi connectivity index (χ4n) is 3.51. The van der Waals surface area contributed by atoms with Gasteiger partial charge < -0.3 is 10.0 Å². The predicted molar refractivity (Wildman–Crippen MR) is 109 cm³/mol. The lowest BCUT2D eigenvalue weighted by Gasteiger charge is -2.37. The smallest absolute Gasteiger partial charge is 0.322 e. The zero-order chi connectivity index (χ0) is 19.7. The van der Waals surface area contributed by atoms with E-state index in [4.69, 9.17) is 11.6 Å². The molecule has 0 saturated carbocycles. The molecule has 1 aliphatic heterocycles. The van der Waals surface area contributed by atoms with E-state index in [1.807, 2.05) is 53.2 Å². The molecule has 3 heterocycles. The second-order valence-corrected chi connectivity index (χ2v) is 7.26. The molecule has 1 fully saturated rings. The lowest BCUT2D eigenvalue weighted by atomic mass is 10.0. The van der Waals surface area contributed by atoms with Crippen LogP contribution in [0.15, 0.2) is 48.8 Å². The summed E-state index contributed by atoms with van der Waals surface area (Å²) < 4.78 is 0. The van der Waals surface area contributed by atoms with Gasteiger partial charge in [-0.05, 0) is 36.9 Å². The summed E-state index contributed by atoms with van der Waals surface area (Å²) in [6.45, 7) is 1.72. The van der Waals surface area contributed by atoms with Crippen LogP contribution in [0.4, 0.5) is 5.82 Å². The number of carbonyl (C=O) groups is 1. The second-order valence-electron chi connectivity index (χ2n) is 6.82. The average Bonchev–Trinajstić information content (AvgIpc) is 3.14. The van der Waals surface area contributed by atoms with Gasteiger partial charge in [-0.15, -0.1) is 0 Å². The average molecular weight is 398 g/mol. The van der Waals surface area contributed by atoms with Crippen LogP contribution in [0, 0.1) is 0 Å². The molecule has 1 saturated heterocycles. The highest BCUT2D eigenvalue weighted by atomic mass is 35.5. The van der Waals surface area contributed by atoms with Crippen molar-refractivity contribution in [2.75, 3.05) is 31.6 Å². The van der Waals surface area contributed by atoms with Gasteiger partial charge in [0.1, 0.15) is 6.04 Å². The van der Waals surface area contributed by atoms with Gasteiger partial charge in [0.2, 0.25) is 0 Å². The number of rotatable bonds is 4. The van der Waals surface area contributed by atoms with Crippen LogP contribution in [0.1, 0.15) is 0 Å². The van der Waals surface area contributed by atoms with Crippen LogP contribution in [0.5, 0.6) is 0 Å². The molecule has 2 aromatic heterocycles. The molecule has 0 bridgehead atoms. The Hall–Kier alpha value is -2.90. The van der Waals surface area contributed by atoms with E-state index in [1.165, 1.54) is 0 Å². The van der Waals surface area contributed by atoms with Crippen molar-refractivity contribution in [3.8, 4) is 22.4 Å². The minimum absolute atomic E-state index is 0.370. The van der Waals surface area contributed by atoms with Crippen LogP contribution in [-0.2, 0) is 4.79 Å². The fraction of sp³-hybridized carbons (Fsp3) is 0.250. The number of piperazine rings is 1. The number of nitrogens with one attached hydrogen (secondary N) is 1. The number of hydrogen-bond donors (Lipinski definition) is 2. The summed E-state index contributed by atoms with van der Waals surface area (Å²) in [6.07, 6.45) is 3.48. The molecule has 4 rings (SSSR count). The third kappa shape index (κ3) is 3.46. The van der Waals surface area contributed by atoms with Crippen LogP contribution < -0.4 is 4.90 Å². The molecule has 2 N–H and O–H groups in total. The number of nitrogens with zero attached hydrogens (tertiary/aromatic N) is 4. The SMILES string of the molecule is CN1CCN(c2n[nH]c(-c3ccc(Cl)cc3)c2-c2ccncc2)CC1C(=O)O. The number of aromatic amines is 1. The van der Waals surface area contributed by atoms with Gasteiger partial charge in [0.05, 0.1) is 11.3 Å². The minimum Gasteiger partial charge on any atom is -0.480 e. The van der Waals surface area contributed by atoms with Crippen molar-refractivity contribution >= 4 is 23.4 Å². The van der Waals surface area contributed by atoms with Gasteiger partial charge in [0.15, 0.2) is 5.82 Å². The van der Waals surface area contributed by atoms with Crippen molar-refractivity contribution in [2.24, 2.45) is 0 Å². The molecule has 8 heteroatoms. The number of halogens is 1. The van der Waals surface area contributed by atoms with E-state index < -0.39 is 12.0 Å². The number of carboxylic acid groups (broad SMARTS) is 1. The van der Waals surface area contributed by atoms with Crippen LogP contribution in [0.3, 0.4) is 0 Å². The second kappa shape index (κ2) is 7.61. The number of aliphatic carboxylic acids is 1. The molecule has 144 valence electrons. The summed E-state index contributed by atoms with van der Waals surface area (Å²) in [6, 6.07) is 10.8. The maximum absolute atomic E-state index is 11.6. The Morgan fingerprint density at radius 3 is 2.54 bits per heavy atom. The number of anilines is 1. The summed E-state index contributed by atoms with van der Waals surface area (Å²) in [4.78, 5) is 19.6. The first-order valence-corrected chi connectivity index (χ1v) is 9.35. The Bertz CT molecular complexity index is 974. The summed E-state index contributed by atoms with van der Waals surface area (Å²) >= 11 is 6.04. The number of aromatic nitrogens is 3. The van der Waals surface area contributed by atoms with Gasteiger partial charge in [-0.3, -0.25) is 19.8 Å². The van der Waals surface area contributed by atoms with Gasteiger partial charge in [0, 0.05) is 42.6 Å². The molecule has 28 heavy (non-hydrogen) atoms. The summed E-state index contributed by atoms with van der Waals surface area (Å²) in [5.41, 5.74) is 3.72. The van der Waals surface area contributed by atoms with E-state index in [9.17, 15) is 9.90 Å². The Labute approximate surface area is 167 Å². The van der Waals surface area contributed by atoms with Crippen molar-refractivity contribution in [3.05, 3.63) is 53.8 Å². The fourth-order valence-corrected chi connectivity index (χ4v) is 3.64. The maximum atomic E-state index is 11.6. The van der Waals surface area contributed by atoms with Crippen molar-refractivity contribution in [1.82, 2.24) is 20.1 Å². The number of H-pyrrole nitrogens is 1. The first-order valence-electron chi connectivity index (χ1n) is 8.97. The van der Waals surface area contributed by atoms with Crippen LogP contribution in [0.2, 0.25) is 5.02 Å². The lowest BCUT2D eigenvalue weighted by Crippen LogP contribution is -2.55. The van der Waals surface area contributed by atoms with Crippen molar-refractivity contribution < 1.29 is 9.90 Å². The van der Waals surface area contributed by atoms with E-state index in [1.54, 1.807) is 12.4 Å². The quantitative estimate of drug-likeness (QED) is 0.704. The zero-order valence-corrected chi connectivity index (χ0v) is 16.1. The van der Waals surface area contributed by atoms with Crippen molar-refractivity contribution in [2.45, 2.75) is 6.04 Å². The first-order chi connectivity index (χ1) is 13.5. The van der Waals surface area contributed by atoms with E-state index in [-0.39, 0.29) is 0 Å². The molecular weight excluding hydrogens is 378 g/mol. The van der Waals surface area contributed by atoms with Gasteiger partial charge in [-0.2, -0.15) is 5.10 Å². The third-order valence-corrected chi connectivity index (χ3v) is 5.33. The van der Waals surface area contributed by atoms with Gasteiger partial charge >= 0.3 is 5.97 Å². The Morgan fingerprint density at radius 1 is 1.14 bits per heavy atom. The van der Waals surface area contributed by atoms with E-state index in [0.29, 0.717) is 24.7 Å².